The summed E-state index contributed by atoms with van der Waals surface area (Å²) in [5, 5.41) is 0. The standard InChI is InChI=1S/C39H65NO4/c1-3-5-7-9-11-13-15-17-19-21-23-25-33-40-37(41)31-32-38(42)44-39(40)35-27-29-36(30-28-35)43-34-26-24-22-20-18-16-14-12-10-8-6-4-2/h27-32,39H,3-26,33-34H2,1-2H3. The molecule has 44 heavy (non-hydrogen) atoms. The molecule has 1 aliphatic heterocycles. The lowest BCUT2D eigenvalue weighted by molar-refractivity contribution is -0.157. The van der Waals surface area contributed by atoms with Crippen molar-refractivity contribution in [3.05, 3.63) is 42.0 Å². The van der Waals surface area contributed by atoms with Gasteiger partial charge < -0.3 is 9.47 Å². The van der Waals surface area contributed by atoms with Gasteiger partial charge in [0.1, 0.15) is 5.75 Å². The average molecular weight is 612 g/mol. The average Bonchev–Trinajstić information content (AvgIpc) is 3.17. The molecule has 0 saturated carbocycles. The Hall–Kier alpha value is -2.30. The third kappa shape index (κ3) is 17.9. The first kappa shape index (κ1) is 37.9. The number of cyclic esters (lactones) is 1. The lowest BCUT2D eigenvalue weighted by Gasteiger charge is -2.29. The van der Waals surface area contributed by atoms with E-state index in [1.165, 1.54) is 147 Å². The number of carbonyl (C=O) groups excluding carboxylic acids is 2. The molecule has 1 atom stereocenters. The van der Waals surface area contributed by atoms with Crippen molar-refractivity contribution in [2.45, 2.75) is 174 Å². The number of benzene rings is 1. The summed E-state index contributed by atoms with van der Waals surface area (Å²) >= 11 is 0. The summed E-state index contributed by atoms with van der Waals surface area (Å²) in [4.78, 5) is 26.8. The number of unbranched alkanes of at least 4 members (excludes halogenated alkanes) is 22. The molecule has 5 nitrogen and oxygen atoms in total. The molecule has 250 valence electrons. The molecule has 1 heterocycles. The molecule has 1 unspecified atom stereocenters. The Morgan fingerprint density at radius 3 is 1.48 bits per heavy atom. The maximum atomic E-state index is 12.9. The normalized spacial score (nSPS) is 15.0. The molecule has 1 aromatic rings. The van der Waals surface area contributed by atoms with E-state index in [1.54, 1.807) is 4.90 Å². The Balaban J connectivity index is 1.63. The van der Waals surface area contributed by atoms with E-state index in [-0.39, 0.29) is 5.91 Å². The van der Waals surface area contributed by atoms with E-state index in [0.29, 0.717) is 13.2 Å². The third-order valence-corrected chi connectivity index (χ3v) is 8.84. The summed E-state index contributed by atoms with van der Waals surface area (Å²) in [6.45, 7) is 5.83. The Kier molecular flexibility index (Phi) is 22.4. The van der Waals surface area contributed by atoms with E-state index in [9.17, 15) is 9.59 Å². The molecule has 2 rings (SSSR count). The number of amides is 1. The van der Waals surface area contributed by atoms with Gasteiger partial charge in [0.2, 0.25) is 12.1 Å². The Labute approximate surface area is 270 Å². The summed E-state index contributed by atoms with van der Waals surface area (Å²) in [6.07, 6.45) is 33.0. The van der Waals surface area contributed by atoms with Gasteiger partial charge in [-0.05, 0) is 37.1 Å². The molecular formula is C39H65NO4. The molecular weight excluding hydrogens is 546 g/mol. The largest absolute Gasteiger partial charge is 0.494 e. The Bertz CT molecular complexity index is 881. The highest BCUT2D eigenvalue weighted by Gasteiger charge is 2.29. The van der Waals surface area contributed by atoms with Crippen LogP contribution in [0.1, 0.15) is 180 Å². The Morgan fingerprint density at radius 1 is 0.568 bits per heavy atom. The van der Waals surface area contributed by atoms with Gasteiger partial charge in [-0.25, -0.2) is 4.79 Å². The van der Waals surface area contributed by atoms with E-state index >= 15 is 0 Å². The smallest absolute Gasteiger partial charge is 0.333 e. The highest BCUT2D eigenvalue weighted by Crippen LogP contribution is 2.28. The molecule has 1 aromatic carbocycles. The minimum absolute atomic E-state index is 0.170. The minimum Gasteiger partial charge on any atom is -0.494 e. The van der Waals surface area contributed by atoms with Crippen molar-refractivity contribution >= 4 is 11.9 Å². The summed E-state index contributed by atoms with van der Waals surface area (Å²) < 4.78 is 11.7. The summed E-state index contributed by atoms with van der Waals surface area (Å²) in [7, 11) is 0. The van der Waals surface area contributed by atoms with Crippen molar-refractivity contribution in [3.63, 3.8) is 0 Å². The highest BCUT2D eigenvalue weighted by atomic mass is 16.6. The van der Waals surface area contributed by atoms with E-state index in [4.69, 9.17) is 9.47 Å². The first-order valence-corrected chi connectivity index (χ1v) is 18.6. The second-order valence-corrected chi connectivity index (χ2v) is 12.8. The summed E-state index contributed by atoms with van der Waals surface area (Å²) in [6, 6.07) is 7.69. The highest BCUT2D eigenvalue weighted by molar-refractivity contribution is 5.96. The van der Waals surface area contributed by atoms with Gasteiger partial charge in [-0.3, -0.25) is 9.69 Å². The molecule has 0 aliphatic carbocycles. The fourth-order valence-electron chi connectivity index (χ4n) is 6.02. The van der Waals surface area contributed by atoms with Gasteiger partial charge in [0.05, 0.1) is 6.61 Å². The molecule has 5 heteroatoms. The lowest BCUT2D eigenvalue weighted by Crippen LogP contribution is -2.35. The van der Waals surface area contributed by atoms with Gasteiger partial charge in [-0.2, -0.15) is 0 Å². The van der Waals surface area contributed by atoms with E-state index < -0.39 is 12.2 Å². The van der Waals surface area contributed by atoms with E-state index in [0.717, 1.165) is 30.6 Å². The van der Waals surface area contributed by atoms with Crippen LogP contribution in [0.4, 0.5) is 0 Å². The van der Waals surface area contributed by atoms with Crippen molar-refractivity contribution in [1.29, 1.82) is 0 Å². The van der Waals surface area contributed by atoms with Crippen molar-refractivity contribution in [2.24, 2.45) is 0 Å². The van der Waals surface area contributed by atoms with Crippen LogP contribution in [0.25, 0.3) is 0 Å². The summed E-state index contributed by atoms with van der Waals surface area (Å²) in [5.41, 5.74) is 0.798. The zero-order valence-corrected chi connectivity index (χ0v) is 28.5. The minimum atomic E-state index is -0.705. The zero-order valence-electron chi connectivity index (χ0n) is 28.5. The number of rotatable bonds is 28. The van der Waals surface area contributed by atoms with Crippen LogP contribution < -0.4 is 4.74 Å². The topological polar surface area (TPSA) is 55.8 Å². The van der Waals surface area contributed by atoms with Crippen LogP contribution in [-0.2, 0) is 14.3 Å². The third-order valence-electron chi connectivity index (χ3n) is 8.84. The maximum absolute atomic E-state index is 12.9. The van der Waals surface area contributed by atoms with Crippen LogP contribution in [-0.4, -0.2) is 29.9 Å². The van der Waals surface area contributed by atoms with Gasteiger partial charge in [-0.15, -0.1) is 0 Å². The monoisotopic (exact) mass is 611 g/mol. The Morgan fingerprint density at radius 2 is 1.00 bits per heavy atom. The summed E-state index contributed by atoms with van der Waals surface area (Å²) in [5.74, 6) is 0.165. The van der Waals surface area contributed by atoms with Crippen LogP contribution in [0, 0.1) is 0 Å². The van der Waals surface area contributed by atoms with Crippen LogP contribution >= 0.6 is 0 Å². The van der Waals surface area contributed by atoms with Crippen LogP contribution in [0.15, 0.2) is 36.4 Å². The number of hydrogen-bond acceptors (Lipinski definition) is 4. The molecule has 0 radical (unpaired) electrons. The zero-order chi connectivity index (χ0) is 31.5. The molecule has 0 fully saturated rings. The first-order valence-electron chi connectivity index (χ1n) is 18.6. The van der Waals surface area contributed by atoms with Gasteiger partial charge in [-0.1, -0.05) is 155 Å². The molecule has 1 aliphatic rings. The van der Waals surface area contributed by atoms with Gasteiger partial charge >= 0.3 is 5.97 Å². The predicted molar refractivity (Wildman–Crippen MR) is 184 cm³/mol. The fourth-order valence-corrected chi connectivity index (χ4v) is 6.02. The second-order valence-electron chi connectivity index (χ2n) is 12.8. The SMILES string of the molecule is CCCCCCCCCCCCCCOc1ccc(C2OC(=O)C=CC(=O)N2CCCCCCCCCCCCCC)cc1. The van der Waals surface area contributed by atoms with Crippen molar-refractivity contribution in [2.75, 3.05) is 13.2 Å². The fraction of sp³-hybridized carbons (Fsp3) is 0.744. The predicted octanol–water partition coefficient (Wildman–Crippen LogP) is 11.4. The van der Waals surface area contributed by atoms with Crippen LogP contribution in [0.5, 0.6) is 5.75 Å². The molecule has 0 spiro atoms. The first-order chi connectivity index (χ1) is 21.7. The number of esters is 1. The lowest BCUT2D eigenvalue weighted by atomic mass is 10.1. The van der Waals surface area contributed by atoms with Crippen molar-refractivity contribution in [1.82, 2.24) is 4.90 Å². The van der Waals surface area contributed by atoms with Crippen molar-refractivity contribution < 1.29 is 19.1 Å². The maximum Gasteiger partial charge on any atom is 0.333 e. The van der Waals surface area contributed by atoms with E-state index in [2.05, 4.69) is 13.8 Å². The molecule has 1 amide bonds. The van der Waals surface area contributed by atoms with Crippen molar-refractivity contribution in [3.8, 4) is 5.75 Å². The van der Waals surface area contributed by atoms with E-state index in [1.807, 2.05) is 24.3 Å². The van der Waals surface area contributed by atoms with Gasteiger partial charge in [0.25, 0.3) is 0 Å². The number of hydrogen-bond donors (Lipinski definition) is 0. The van der Waals surface area contributed by atoms with Gasteiger partial charge in [0, 0.05) is 24.3 Å². The second kappa shape index (κ2) is 26.0. The number of nitrogens with zero attached hydrogens (tertiary/aromatic N) is 1. The van der Waals surface area contributed by atoms with Crippen LogP contribution in [0.2, 0.25) is 0 Å². The number of ether oxygens (including phenoxy) is 2. The molecule has 0 N–H and O–H groups in total. The molecule has 0 saturated heterocycles. The molecule has 0 bridgehead atoms. The van der Waals surface area contributed by atoms with Crippen LogP contribution in [0.3, 0.4) is 0 Å². The number of carbonyl (C=O) groups is 2. The molecule has 0 aromatic heterocycles. The quantitative estimate of drug-likeness (QED) is 0.0698. The van der Waals surface area contributed by atoms with Gasteiger partial charge in [0.15, 0.2) is 0 Å².